The molecular weight excluding hydrogens is 337 g/mol. The van der Waals surface area contributed by atoms with Gasteiger partial charge in [-0.3, -0.25) is 14.5 Å². The van der Waals surface area contributed by atoms with Crippen LogP contribution in [-0.4, -0.2) is 26.7 Å². The van der Waals surface area contributed by atoms with Gasteiger partial charge in [-0.25, -0.2) is 0 Å². The summed E-state index contributed by atoms with van der Waals surface area (Å²) in [7, 11) is 0. The molecule has 0 aromatic carbocycles. The van der Waals surface area contributed by atoms with E-state index in [1.165, 1.54) is 5.56 Å². The normalized spacial score (nSPS) is 11.0. The molecule has 8 heteroatoms. The third-order valence-corrected chi connectivity index (χ3v) is 3.11. The van der Waals surface area contributed by atoms with E-state index >= 15 is 0 Å². The van der Waals surface area contributed by atoms with Crippen molar-refractivity contribution in [2.75, 3.05) is 5.32 Å². The summed E-state index contributed by atoms with van der Waals surface area (Å²) in [6, 6.07) is 5.81. The SMILES string of the molecule is CC(N)CCC(=O)Nc1ccn(CCc2ccncc2)n1.Cl.Cl. The smallest absolute Gasteiger partial charge is 0.225 e. The number of carbonyl (C=O) groups is 1. The van der Waals surface area contributed by atoms with Crippen molar-refractivity contribution in [2.24, 2.45) is 5.73 Å². The summed E-state index contributed by atoms with van der Waals surface area (Å²) in [5.41, 5.74) is 6.84. The van der Waals surface area contributed by atoms with Crippen molar-refractivity contribution in [2.45, 2.75) is 38.8 Å². The minimum atomic E-state index is -0.0494. The Hall–Kier alpha value is -1.63. The van der Waals surface area contributed by atoms with E-state index in [9.17, 15) is 4.79 Å². The van der Waals surface area contributed by atoms with Crippen molar-refractivity contribution in [3.05, 3.63) is 42.4 Å². The van der Waals surface area contributed by atoms with E-state index in [4.69, 9.17) is 5.73 Å². The van der Waals surface area contributed by atoms with Gasteiger partial charge in [-0.1, -0.05) is 0 Å². The average Bonchev–Trinajstić information content (AvgIpc) is 2.91. The molecular formula is C15H23Cl2N5O. The maximum atomic E-state index is 11.7. The van der Waals surface area contributed by atoms with Gasteiger partial charge in [0, 0.05) is 43.7 Å². The van der Waals surface area contributed by atoms with E-state index in [0.29, 0.717) is 18.7 Å². The summed E-state index contributed by atoms with van der Waals surface area (Å²) >= 11 is 0. The van der Waals surface area contributed by atoms with Gasteiger partial charge in [-0.05, 0) is 37.5 Å². The number of nitrogens with two attached hydrogens (primary N) is 1. The first-order chi connectivity index (χ1) is 10.1. The predicted octanol–water partition coefficient (Wildman–Crippen LogP) is 2.43. The number of halogens is 2. The second kappa shape index (κ2) is 11.0. The Morgan fingerprint density at radius 2 is 2.00 bits per heavy atom. The first-order valence-electron chi connectivity index (χ1n) is 7.11. The maximum Gasteiger partial charge on any atom is 0.225 e. The van der Waals surface area contributed by atoms with E-state index < -0.39 is 0 Å². The number of anilines is 1. The van der Waals surface area contributed by atoms with E-state index in [0.717, 1.165) is 13.0 Å². The first kappa shape index (κ1) is 21.4. The molecule has 23 heavy (non-hydrogen) atoms. The zero-order valence-corrected chi connectivity index (χ0v) is 14.6. The van der Waals surface area contributed by atoms with Crippen molar-refractivity contribution in [3.8, 4) is 0 Å². The third kappa shape index (κ3) is 7.97. The first-order valence-corrected chi connectivity index (χ1v) is 7.11. The van der Waals surface area contributed by atoms with Crippen LogP contribution in [0.3, 0.4) is 0 Å². The topological polar surface area (TPSA) is 85.8 Å². The van der Waals surface area contributed by atoms with Crippen LogP contribution in [-0.2, 0) is 17.8 Å². The zero-order valence-electron chi connectivity index (χ0n) is 13.0. The Bertz CT molecular complexity index is 574. The lowest BCUT2D eigenvalue weighted by Crippen LogP contribution is -2.19. The lowest BCUT2D eigenvalue weighted by atomic mass is 10.2. The van der Waals surface area contributed by atoms with Crippen LogP contribution in [0.15, 0.2) is 36.8 Å². The molecule has 2 aromatic rings. The third-order valence-electron chi connectivity index (χ3n) is 3.11. The molecule has 2 aromatic heterocycles. The highest BCUT2D eigenvalue weighted by Crippen LogP contribution is 2.06. The summed E-state index contributed by atoms with van der Waals surface area (Å²) < 4.78 is 1.82. The van der Waals surface area contributed by atoms with Crippen LogP contribution in [0.2, 0.25) is 0 Å². The Morgan fingerprint density at radius 3 is 2.65 bits per heavy atom. The van der Waals surface area contributed by atoms with Crippen LogP contribution in [0.4, 0.5) is 5.82 Å². The van der Waals surface area contributed by atoms with E-state index in [2.05, 4.69) is 15.4 Å². The summed E-state index contributed by atoms with van der Waals surface area (Å²) in [5.74, 6) is 0.533. The summed E-state index contributed by atoms with van der Waals surface area (Å²) in [6.45, 7) is 2.65. The number of nitrogens with one attached hydrogen (secondary N) is 1. The van der Waals surface area contributed by atoms with E-state index in [-0.39, 0.29) is 36.8 Å². The van der Waals surface area contributed by atoms with Crippen LogP contribution in [0.1, 0.15) is 25.3 Å². The van der Waals surface area contributed by atoms with Gasteiger partial charge in [0.15, 0.2) is 5.82 Å². The van der Waals surface area contributed by atoms with Gasteiger partial charge in [-0.2, -0.15) is 5.10 Å². The Labute approximate surface area is 148 Å². The highest BCUT2D eigenvalue weighted by molar-refractivity contribution is 5.89. The summed E-state index contributed by atoms with van der Waals surface area (Å²) in [6.07, 6.45) is 7.39. The molecule has 0 fully saturated rings. The number of rotatable bonds is 7. The molecule has 1 amide bonds. The monoisotopic (exact) mass is 359 g/mol. The van der Waals surface area contributed by atoms with Gasteiger partial charge in [0.1, 0.15) is 0 Å². The molecule has 3 N–H and O–H groups in total. The molecule has 0 aliphatic heterocycles. The maximum absolute atomic E-state index is 11.7. The van der Waals surface area contributed by atoms with Gasteiger partial charge >= 0.3 is 0 Å². The largest absolute Gasteiger partial charge is 0.328 e. The zero-order chi connectivity index (χ0) is 15.1. The lowest BCUT2D eigenvalue weighted by molar-refractivity contribution is -0.116. The Balaban J connectivity index is 0.00000242. The minimum absolute atomic E-state index is 0. The Kier molecular flexibility index (Phi) is 10.2. The number of nitrogens with zero attached hydrogens (tertiary/aromatic N) is 3. The molecule has 1 unspecified atom stereocenters. The summed E-state index contributed by atoms with van der Waals surface area (Å²) in [4.78, 5) is 15.7. The fourth-order valence-corrected chi connectivity index (χ4v) is 1.91. The van der Waals surface area contributed by atoms with Crippen LogP contribution in [0.25, 0.3) is 0 Å². The van der Waals surface area contributed by atoms with Gasteiger partial charge in [-0.15, -0.1) is 24.8 Å². The molecule has 0 radical (unpaired) electrons. The van der Waals surface area contributed by atoms with Gasteiger partial charge < -0.3 is 11.1 Å². The van der Waals surface area contributed by atoms with Crippen LogP contribution in [0.5, 0.6) is 0 Å². The molecule has 0 aliphatic rings. The molecule has 0 bridgehead atoms. The number of amides is 1. The molecule has 0 saturated heterocycles. The lowest BCUT2D eigenvalue weighted by Gasteiger charge is -2.05. The number of hydrogen-bond acceptors (Lipinski definition) is 4. The van der Waals surface area contributed by atoms with Crippen LogP contribution < -0.4 is 11.1 Å². The van der Waals surface area contributed by atoms with Gasteiger partial charge in [0.2, 0.25) is 5.91 Å². The molecule has 128 valence electrons. The molecule has 0 saturated carbocycles. The highest BCUT2D eigenvalue weighted by Gasteiger charge is 2.06. The van der Waals surface area contributed by atoms with E-state index in [1.54, 1.807) is 18.5 Å². The van der Waals surface area contributed by atoms with Crippen molar-refractivity contribution >= 4 is 36.5 Å². The van der Waals surface area contributed by atoms with E-state index in [1.807, 2.05) is 29.9 Å². The molecule has 2 rings (SSSR count). The van der Waals surface area contributed by atoms with Crippen molar-refractivity contribution in [1.29, 1.82) is 0 Å². The number of carbonyl (C=O) groups excluding carboxylic acids is 1. The fourth-order valence-electron chi connectivity index (χ4n) is 1.91. The second-order valence-corrected chi connectivity index (χ2v) is 5.13. The number of hydrogen-bond donors (Lipinski definition) is 2. The standard InChI is InChI=1S/C15H21N5O.2ClH/c1-12(16)2-3-15(21)18-14-7-11-20(19-14)10-6-13-4-8-17-9-5-13;;/h4-5,7-9,11-12H,2-3,6,10,16H2,1H3,(H,18,19,21);2*1H. The van der Waals surface area contributed by atoms with Crippen molar-refractivity contribution < 1.29 is 4.79 Å². The average molecular weight is 360 g/mol. The molecule has 2 heterocycles. The number of pyridine rings is 1. The fraction of sp³-hybridized carbons (Fsp3) is 0.400. The molecule has 1 atom stereocenters. The molecule has 0 spiro atoms. The minimum Gasteiger partial charge on any atom is -0.328 e. The van der Waals surface area contributed by atoms with Crippen LogP contribution in [0, 0.1) is 0 Å². The number of aromatic nitrogens is 3. The second-order valence-electron chi connectivity index (χ2n) is 5.13. The van der Waals surface area contributed by atoms with Crippen molar-refractivity contribution in [1.82, 2.24) is 14.8 Å². The van der Waals surface area contributed by atoms with Crippen LogP contribution >= 0.6 is 24.8 Å². The Morgan fingerprint density at radius 1 is 1.30 bits per heavy atom. The predicted molar refractivity (Wildman–Crippen MR) is 96.2 cm³/mol. The highest BCUT2D eigenvalue weighted by atomic mass is 35.5. The molecule has 0 aliphatic carbocycles. The van der Waals surface area contributed by atoms with Gasteiger partial charge in [0.25, 0.3) is 0 Å². The molecule has 6 nitrogen and oxygen atoms in total. The van der Waals surface area contributed by atoms with Gasteiger partial charge in [0.05, 0.1) is 0 Å². The quantitative estimate of drug-likeness (QED) is 0.794. The van der Waals surface area contributed by atoms with Crippen molar-refractivity contribution in [3.63, 3.8) is 0 Å². The number of aryl methyl sites for hydroxylation is 2. The summed E-state index contributed by atoms with van der Waals surface area (Å²) in [5, 5.41) is 7.11.